The Labute approximate surface area is 110 Å². The average Bonchev–Trinajstić information content (AvgIpc) is 2.57. The monoisotopic (exact) mass is 264 g/mol. The molecule has 0 aliphatic heterocycles. The number of carbonyl (C=O) groups is 1. The van der Waals surface area contributed by atoms with Gasteiger partial charge in [-0.15, -0.1) is 0 Å². The zero-order valence-electron chi connectivity index (χ0n) is 10.4. The minimum Gasteiger partial charge on any atom is -0.290 e. The Balaban J connectivity index is 2.24. The topological polar surface area (TPSA) is 60.7 Å². The van der Waals surface area contributed by atoms with Crippen LogP contribution in [0.4, 0.5) is 0 Å². The maximum Gasteiger partial charge on any atom is 0.204 e. The van der Waals surface area contributed by atoms with Crippen molar-refractivity contribution in [2.24, 2.45) is 7.05 Å². The number of hydrogen-bond acceptors (Lipinski definition) is 4. The normalized spacial score (nSPS) is 10.7. The zero-order chi connectivity index (χ0) is 13.3. The van der Waals surface area contributed by atoms with E-state index in [-0.39, 0.29) is 18.0 Å². The van der Waals surface area contributed by atoms with Crippen LogP contribution in [0, 0.1) is 13.8 Å². The van der Waals surface area contributed by atoms with Crippen LogP contribution in [-0.2, 0) is 13.5 Å². The number of Topliss-reactive ketones (excluding diaryl/α,β-unsaturated/α-hetero) is 1. The van der Waals surface area contributed by atoms with Crippen LogP contribution in [0.25, 0.3) is 0 Å². The fourth-order valence-electron chi connectivity index (χ4n) is 1.65. The first-order chi connectivity index (χ1) is 8.49. The summed E-state index contributed by atoms with van der Waals surface area (Å²) < 4.78 is 1.55. The Hall–Kier alpha value is -1.75. The maximum atomic E-state index is 12.0. The Bertz CT molecular complexity index is 589. The molecular weight excluding hydrogens is 252 g/mol. The molecule has 0 unspecified atom stereocenters. The van der Waals surface area contributed by atoms with Crippen LogP contribution in [0.1, 0.15) is 27.4 Å². The van der Waals surface area contributed by atoms with Crippen molar-refractivity contribution in [3.05, 3.63) is 40.2 Å². The Morgan fingerprint density at radius 2 is 1.94 bits per heavy atom. The molecule has 0 bridgehead atoms. The molecule has 2 rings (SSSR count). The van der Waals surface area contributed by atoms with E-state index in [4.69, 9.17) is 11.6 Å². The van der Waals surface area contributed by atoms with Gasteiger partial charge in [0.1, 0.15) is 5.15 Å². The number of nitrogens with zero attached hydrogens (tertiary/aromatic N) is 4. The zero-order valence-corrected chi connectivity index (χ0v) is 11.2. The van der Waals surface area contributed by atoms with Gasteiger partial charge >= 0.3 is 0 Å². The summed E-state index contributed by atoms with van der Waals surface area (Å²) in [6.45, 7) is 3.70. The number of aryl methyl sites for hydroxylation is 3. The van der Waals surface area contributed by atoms with Crippen molar-refractivity contribution in [1.29, 1.82) is 0 Å². The molecule has 5 nitrogen and oxygen atoms in total. The highest BCUT2D eigenvalue weighted by Gasteiger charge is 2.17. The summed E-state index contributed by atoms with van der Waals surface area (Å²) in [6.07, 6.45) is 3.41. The summed E-state index contributed by atoms with van der Waals surface area (Å²) in [5.41, 5.74) is 2.40. The van der Waals surface area contributed by atoms with Crippen molar-refractivity contribution in [3.8, 4) is 0 Å². The van der Waals surface area contributed by atoms with Crippen LogP contribution in [0.15, 0.2) is 12.4 Å². The molecule has 0 aliphatic carbocycles. The van der Waals surface area contributed by atoms with Gasteiger partial charge in [0.05, 0.1) is 5.69 Å². The van der Waals surface area contributed by atoms with Crippen molar-refractivity contribution >= 4 is 17.4 Å². The lowest BCUT2D eigenvalue weighted by Crippen LogP contribution is -2.09. The van der Waals surface area contributed by atoms with E-state index >= 15 is 0 Å². The van der Waals surface area contributed by atoms with Crippen molar-refractivity contribution in [1.82, 2.24) is 19.7 Å². The minimum absolute atomic E-state index is 0.159. The highest BCUT2D eigenvalue weighted by Crippen LogP contribution is 2.20. The van der Waals surface area contributed by atoms with Gasteiger partial charge in [0.25, 0.3) is 0 Å². The lowest BCUT2D eigenvalue weighted by molar-refractivity contribution is 0.0982. The van der Waals surface area contributed by atoms with Crippen molar-refractivity contribution in [2.45, 2.75) is 20.3 Å². The van der Waals surface area contributed by atoms with E-state index in [2.05, 4.69) is 15.1 Å². The van der Waals surface area contributed by atoms with Gasteiger partial charge in [-0.2, -0.15) is 5.10 Å². The quantitative estimate of drug-likeness (QED) is 0.795. The van der Waals surface area contributed by atoms with Gasteiger partial charge in [-0.3, -0.25) is 9.48 Å². The molecule has 2 aromatic heterocycles. The van der Waals surface area contributed by atoms with Crippen LogP contribution >= 0.6 is 11.6 Å². The van der Waals surface area contributed by atoms with Crippen molar-refractivity contribution in [2.75, 3.05) is 0 Å². The largest absolute Gasteiger partial charge is 0.290 e. The van der Waals surface area contributed by atoms with E-state index < -0.39 is 0 Å². The first kappa shape index (κ1) is 12.7. The molecule has 0 amide bonds. The maximum absolute atomic E-state index is 12.0. The fraction of sp³-hybridized carbons (Fsp3) is 0.333. The summed E-state index contributed by atoms with van der Waals surface area (Å²) in [6, 6.07) is 0. The van der Waals surface area contributed by atoms with Crippen LogP contribution in [0.2, 0.25) is 5.15 Å². The number of carbonyl (C=O) groups excluding carboxylic acids is 1. The van der Waals surface area contributed by atoms with Gasteiger partial charge in [-0.25, -0.2) is 9.97 Å². The third-order valence-electron chi connectivity index (χ3n) is 2.64. The van der Waals surface area contributed by atoms with Crippen LogP contribution in [0.5, 0.6) is 0 Å². The summed E-state index contributed by atoms with van der Waals surface area (Å²) in [5.74, 6) is 0.0490. The molecule has 0 fully saturated rings. The fourth-order valence-corrected chi connectivity index (χ4v) is 1.89. The summed E-state index contributed by atoms with van der Waals surface area (Å²) in [5, 5.41) is 4.64. The second kappa shape index (κ2) is 4.86. The molecule has 18 heavy (non-hydrogen) atoms. The van der Waals surface area contributed by atoms with Gasteiger partial charge in [-0.05, 0) is 19.4 Å². The van der Waals surface area contributed by atoms with Gasteiger partial charge < -0.3 is 0 Å². The molecule has 0 N–H and O–H groups in total. The summed E-state index contributed by atoms with van der Waals surface area (Å²) in [4.78, 5) is 20.0. The first-order valence-corrected chi connectivity index (χ1v) is 5.86. The van der Waals surface area contributed by atoms with Gasteiger partial charge in [-0.1, -0.05) is 11.6 Å². The van der Waals surface area contributed by atoms with Crippen LogP contribution < -0.4 is 0 Å². The Morgan fingerprint density at radius 3 is 2.44 bits per heavy atom. The molecule has 0 spiro atoms. The van der Waals surface area contributed by atoms with Crippen molar-refractivity contribution < 1.29 is 4.79 Å². The van der Waals surface area contributed by atoms with E-state index in [0.717, 1.165) is 16.8 Å². The third kappa shape index (κ3) is 2.41. The number of rotatable bonds is 3. The molecule has 0 atom stereocenters. The Kier molecular flexibility index (Phi) is 3.43. The average molecular weight is 265 g/mol. The van der Waals surface area contributed by atoms with E-state index in [1.807, 2.05) is 13.8 Å². The molecule has 6 heteroatoms. The number of ketones is 1. The van der Waals surface area contributed by atoms with Crippen LogP contribution in [-0.4, -0.2) is 25.5 Å². The molecule has 94 valence electrons. The summed E-state index contributed by atoms with van der Waals surface area (Å²) in [7, 11) is 1.74. The molecule has 0 aromatic carbocycles. The minimum atomic E-state index is -0.159. The second-order valence-corrected chi connectivity index (χ2v) is 4.52. The molecular formula is C12H13ClN4O. The molecule has 2 aromatic rings. The van der Waals surface area contributed by atoms with E-state index in [1.165, 1.54) is 0 Å². The molecule has 2 heterocycles. The van der Waals surface area contributed by atoms with Crippen molar-refractivity contribution in [3.63, 3.8) is 0 Å². The highest BCUT2D eigenvalue weighted by atomic mass is 35.5. The molecule has 0 radical (unpaired) electrons. The SMILES string of the molecule is Cc1cnc(C(=O)Cc2c(C)nn(C)c2Cl)nc1. The number of aromatic nitrogens is 4. The Morgan fingerprint density at radius 1 is 1.33 bits per heavy atom. The third-order valence-corrected chi connectivity index (χ3v) is 3.11. The number of hydrogen-bond donors (Lipinski definition) is 0. The molecule has 0 saturated carbocycles. The predicted molar refractivity (Wildman–Crippen MR) is 67.8 cm³/mol. The predicted octanol–water partition coefficient (Wildman–Crippen LogP) is 1.91. The van der Waals surface area contributed by atoms with Gasteiger partial charge in [0.2, 0.25) is 5.78 Å². The second-order valence-electron chi connectivity index (χ2n) is 4.16. The lowest BCUT2D eigenvalue weighted by atomic mass is 10.1. The summed E-state index contributed by atoms with van der Waals surface area (Å²) >= 11 is 6.08. The molecule has 0 aliphatic rings. The molecule has 0 saturated heterocycles. The highest BCUT2D eigenvalue weighted by molar-refractivity contribution is 6.30. The smallest absolute Gasteiger partial charge is 0.204 e. The van der Waals surface area contributed by atoms with E-state index in [1.54, 1.807) is 24.1 Å². The standard InChI is InChI=1S/C12H13ClN4O/c1-7-5-14-12(15-6-7)10(18)4-9-8(2)16-17(3)11(9)13/h5-6H,4H2,1-3H3. The number of halogens is 1. The van der Waals surface area contributed by atoms with Gasteiger partial charge in [0.15, 0.2) is 5.82 Å². The van der Waals surface area contributed by atoms with Gasteiger partial charge in [0, 0.05) is 31.4 Å². The van der Waals surface area contributed by atoms with Crippen LogP contribution in [0.3, 0.4) is 0 Å². The first-order valence-electron chi connectivity index (χ1n) is 5.49. The van der Waals surface area contributed by atoms with E-state index in [9.17, 15) is 4.79 Å². The van der Waals surface area contributed by atoms with E-state index in [0.29, 0.717) is 5.15 Å². The lowest BCUT2D eigenvalue weighted by Gasteiger charge is -2.00.